The molecule has 1 aliphatic rings. The number of aliphatic carboxylic acids is 1. The molecule has 2 N–H and O–H groups in total. The van der Waals surface area contributed by atoms with Gasteiger partial charge < -0.3 is 15.2 Å². The first-order valence-corrected chi connectivity index (χ1v) is 6.99. The molecule has 0 aliphatic carbocycles. The lowest BCUT2D eigenvalue weighted by Gasteiger charge is -2.33. The Morgan fingerprint density at radius 3 is 2.81 bits per heavy atom. The first-order valence-electron chi connectivity index (χ1n) is 6.99. The molecule has 1 saturated heterocycles. The van der Waals surface area contributed by atoms with Crippen molar-refractivity contribution in [2.24, 2.45) is 0 Å². The molecular formula is C15H20N2O4. The van der Waals surface area contributed by atoms with Crippen LogP contribution in [0.15, 0.2) is 24.3 Å². The predicted molar refractivity (Wildman–Crippen MR) is 77.3 cm³/mol. The Labute approximate surface area is 123 Å². The van der Waals surface area contributed by atoms with Gasteiger partial charge in [-0.25, -0.2) is 0 Å². The number of carbonyl (C=O) groups excluding carboxylic acids is 1. The zero-order chi connectivity index (χ0) is 15.2. The summed E-state index contributed by atoms with van der Waals surface area (Å²) >= 11 is 0. The summed E-state index contributed by atoms with van der Waals surface area (Å²) in [6.07, 6.45) is -0.184. The molecule has 1 aliphatic heterocycles. The van der Waals surface area contributed by atoms with E-state index in [0.717, 1.165) is 11.3 Å². The second kappa shape index (κ2) is 7.08. The van der Waals surface area contributed by atoms with Gasteiger partial charge in [0.15, 0.2) is 0 Å². The molecule has 0 aromatic heterocycles. The number of hydrogen-bond acceptors (Lipinski definition) is 4. The second-order valence-corrected chi connectivity index (χ2v) is 5.10. The molecule has 6 heteroatoms. The number of nitrogens with zero attached hydrogens (tertiary/aromatic N) is 1. The lowest BCUT2D eigenvalue weighted by molar-refractivity contribution is -0.143. The van der Waals surface area contributed by atoms with Gasteiger partial charge in [0, 0.05) is 19.6 Å². The molecule has 21 heavy (non-hydrogen) atoms. The van der Waals surface area contributed by atoms with Gasteiger partial charge in [-0.15, -0.1) is 0 Å². The summed E-state index contributed by atoms with van der Waals surface area (Å²) in [6.45, 7) is 4.14. The summed E-state index contributed by atoms with van der Waals surface area (Å²) in [6, 6.07) is 7.12. The number of amides is 1. The minimum atomic E-state index is -0.971. The molecule has 6 nitrogen and oxygen atoms in total. The number of carbonyl (C=O) groups is 2. The summed E-state index contributed by atoms with van der Waals surface area (Å²) in [4.78, 5) is 24.5. The largest absolute Gasteiger partial charge is 0.492 e. The SMILES string of the molecule is Cc1ccc(OCCN2CCNC(=O)C2CC(=O)O)cc1. The third-order valence-electron chi connectivity index (χ3n) is 3.48. The molecule has 1 aromatic carbocycles. The highest BCUT2D eigenvalue weighted by atomic mass is 16.5. The normalized spacial score (nSPS) is 19.1. The van der Waals surface area contributed by atoms with E-state index in [4.69, 9.17) is 9.84 Å². The predicted octanol–water partition coefficient (Wildman–Crippen LogP) is 0.649. The molecule has 2 rings (SSSR count). The number of piperazine rings is 1. The number of rotatable bonds is 6. The average Bonchev–Trinajstić information content (AvgIpc) is 2.44. The Bertz CT molecular complexity index is 501. The quantitative estimate of drug-likeness (QED) is 0.805. The lowest BCUT2D eigenvalue weighted by atomic mass is 10.1. The van der Waals surface area contributed by atoms with Gasteiger partial charge in [-0.05, 0) is 19.1 Å². The van der Waals surface area contributed by atoms with Crippen molar-refractivity contribution in [3.8, 4) is 5.75 Å². The van der Waals surface area contributed by atoms with Crippen molar-refractivity contribution in [3.05, 3.63) is 29.8 Å². The van der Waals surface area contributed by atoms with Crippen LogP contribution in [0.4, 0.5) is 0 Å². The van der Waals surface area contributed by atoms with Crippen molar-refractivity contribution >= 4 is 11.9 Å². The smallest absolute Gasteiger partial charge is 0.305 e. The van der Waals surface area contributed by atoms with Crippen molar-refractivity contribution in [3.63, 3.8) is 0 Å². The zero-order valence-corrected chi connectivity index (χ0v) is 12.0. The Balaban J connectivity index is 1.86. The number of ether oxygens (including phenoxy) is 1. The zero-order valence-electron chi connectivity index (χ0n) is 12.0. The molecule has 1 unspecified atom stereocenters. The standard InChI is InChI=1S/C15H20N2O4/c1-11-2-4-12(5-3-11)21-9-8-17-7-6-16-15(20)13(17)10-14(18)19/h2-5,13H,6-10H2,1H3,(H,16,20)(H,18,19). The van der Waals surface area contributed by atoms with Gasteiger partial charge in [0.2, 0.25) is 5.91 Å². The van der Waals surface area contributed by atoms with Crippen LogP contribution >= 0.6 is 0 Å². The highest BCUT2D eigenvalue weighted by molar-refractivity contribution is 5.86. The Hall–Kier alpha value is -2.08. The van der Waals surface area contributed by atoms with E-state index in [-0.39, 0.29) is 12.3 Å². The fourth-order valence-corrected chi connectivity index (χ4v) is 2.33. The fourth-order valence-electron chi connectivity index (χ4n) is 2.33. The van der Waals surface area contributed by atoms with Crippen LogP contribution in [-0.2, 0) is 9.59 Å². The number of hydrogen-bond donors (Lipinski definition) is 2. The summed E-state index contributed by atoms with van der Waals surface area (Å²) in [7, 11) is 0. The highest BCUT2D eigenvalue weighted by Gasteiger charge is 2.31. The highest BCUT2D eigenvalue weighted by Crippen LogP contribution is 2.13. The first kappa shape index (κ1) is 15.3. The summed E-state index contributed by atoms with van der Waals surface area (Å²) in [5.41, 5.74) is 1.16. The van der Waals surface area contributed by atoms with E-state index in [2.05, 4.69) is 5.32 Å². The number of carboxylic acids is 1. The minimum Gasteiger partial charge on any atom is -0.492 e. The maximum Gasteiger partial charge on any atom is 0.305 e. The van der Waals surface area contributed by atoms with Crippen LogP contribution in [0, 0.1) is 6.92 Å². The van der Waals surface area contributed by atoms with Crippen LogP contribution in [0.3, 0.4) is 0 Å². The fraction of sp³-hybridized carbons (Fsp3) is 0.467. The van der Waals surface area contributed by atoms with Crippen LogP contribution in [0.1, 0.15) is 12.0 Å². The summed E-state index contributed by atoms with van der Waals surface area (Å²) in [5, 5.41) is 11.6. The molecular weight excluding hydrogens is 272 g/mol. The first-order chi connectivity index (χ1) is 10.1. The van der Waals surface area contributed by atoms with Gasteiger partial charge in [0.05, 0.1) is 12.5 Å². The average molecular weight is 292 g/mol. The number of nitrogens with one attached hydrogen (secondary N) is 1. The van der Waals surface area contributed by atoms with Crippen LogP contribution in [0.5, 0.6) is 5.75 Å². The Morgan fingerprint density at radius 2 is 2.14 bits per heavy atom. The molecule has 0 saturated carbocycles. The second-order valence-electron chi connectivity index (χ2n) is 5.10. The van der Waals surface area contributed by atoms with Gasteiger partial charge in [-0.2, -0.15) is 0 Å². The van der Waals surface area contributed by atoms with Gasteiger partial charge in [-0.3, -0.25) is 14.5 Å². The molecule has 1 fully saturated rings. The summed E-state index contributed by atoms with van der Waals surface area (Å²) in [5.74, 6) is -0.419. The molecule has 1 heterocycles. The van der Waals surface area contributed by atoms with E-state index in [0.29, 0.717) is 26.2 Å². The monoisotopic (exact) mass is 292 g/mol. The molecule has 0 radical (unpaired) electrons. The van der Waals surface area contributed by atoms with Crippen LogP contribution in [-0.4, -0.2) is 54.2 Å². The van der Waals surface area contributed by atoms with Gasteiger partial charge in [0.1, 0.15) is 12.4 Å². The minimum absolute atomic E-state index is 0.184. The van der Waals surface area contributed by atoms with Crippen molar-refractivity contribution in [2.75, 3.05) is 26.2 Å². The molecule has 0 bridgehead atoms. The molecule has 114 valence electrons. The van der Waals surface area contributed by atoms with E-state index in [1.807, 2.05) is 36.1 Å². The van der Waals surface area contributed by atoms with Crippen molar-refractivity contribution < 1.29 is 19.4 Å². The molecule has 1 aromatic rings. The van der Waals surface area contributed by atoms with E-state index in [1.54, 1.807) is 0 Å². The van der Waals surface area contributed by atoms with Crippen molar-refractivity contribution in [2.45, 2.75) is 19.4 Å². The number of aryl methyl sites for hydroxylation is 1. The summed E-state index contributed by atoms with van der Waals surface area (Å²) < 4.78 is 5.63. The lowest BCUT2D eigenvalue weighted by Crippen LogP contribution is -2.56. The molecule has 0 spiro atoms. The van der Waals surface area contributed by atoms with Crippen LogP contribution in [0.2, 0.25) is 0 Å². The van der Waals surface area contributed by atoms with Gasteiger partial charge >= 0.3 is 5.97 Å². The number of carboxylic acid groups (broad SMARTS) is 1. The van der Waals surface area contributed by atoms with E-state index >= 15 is 0 Å². The topological polar surface area (TPSA) is 78.9 Å². The van der Waals surface area contributed by atoms with Crippen LogP contribution < -0.4 is 10.1 Å². The van der Waals surface area contributed by atoms with E-state index in [9.17, 15) is 9.59 Å². The third-order valence-corrected chi connectivity index (χ3v) is 3.48. The third kappa shape index (κ3) is 4.46. The maximum atomic E-state index is 11.8. The maximum absolute atomic E-state index is 11.8. The Kier molecular flexibility index (Phi) is 5.16. The van der Waals surface area contributed by atoms with Crippen molar-refractivity contribution in [1.29, 1.82) is 0 Å². The van der Waals surface area contributed by atoms with E-state index in [1.165, 1.54) is 0 Å². The van der Waals surface area contributed by atoms with Gasteiger partial charge in [0.25, 0.3) is 0 Å². The molecule has 1 amide bonds. The Morgan fingerprint density at radius 1 is 1.43 bits per heavy atom. The van der Waals surface area contributed by atoms with Gasteiger partial charge in [-0.1, -0.05) is 17.7 Å². The molecule has 1 atom stereocenters. The van der Waals surface area contributed by atoms with Crippen molar-refractivity contribution in [1.82, 2.24) is 10.2 Å². The van der Waals surface area contributed by atoms with E-state index < -0.39 is 12.0 Å². The van der Waals surface area contributed by atoms with Crippen LogP contribution in [0.25, 0.3) is 0 Å². The number of benzene rings is 1.